The Labute approximate surface area is 104 Å². The molecule has 0 aromatic carbocycles. The normalized spacial score (nSPS) is 11.9. The predicted octanol–water partition coefficient (Wildman–Crippen LogP) is 1.28. The van der Waals surface area contributed by atoms with Gasteiger partial charge in [0.05, 0.1) is 16.2 Å². The molecule has 0 spiro atoms. The fourth-order valence-electron chi connectivity index (χ4n) is 1.05. The van der Waals surface area contributed by atoms with Crippen LogP contribution in [-0.2, 0) is 10.0 Å². The quantitative estimate of drug-likeness (QED) is 0.820. The molecule has 0 aliphatic rings. The summed E-state index contributed by atoms with van der Waals surface area (Å²) in [7, 11) is -3.00. The van der Waals surface area contributed by atoms with Gasteiger partial charge in [0.1, 0.15) is 4.90 Å². The van der Waals surface area contributed by atoms with Crippen LogP contribution in [0.2, 0.25) is 0 Å². The van der Waals surface area contributed by atoms with Crippen LogP contribution in [0.4, 0.5) is 8.78 Å². The lowest BCUT2D eigenvalue weighted by molar-refractivity contribution is 0.147. The number of nitrogens with two attached hydrogens (primary N) is 1. The van der Waals surface area contributed by atoms with Crippen molar-refractivity contribution in [1.29, 1.82) is 0 Å². The van der Waals surface area contributed by atoms with Gasteiger partial charge >= 0.3 is 0 Å². The van der Waals surface area contributed by atoms with Gasteiger partial charge in [-0.05, 0) is 22.6 Å². The van der Waals surface area contributed by atoms with Crippen LogP contribution in [0.3, 0.4) is 0 Å². The van der Waals surface area contributed by atoms with Gasteiger partial charge < -0.3 is 4.74 Å². The van der Waals surface area contributed by atoms with Gasteiger partial charge in [0, 0.05) is 6.20 Å². The van der Waals surface area contributed by atoms with Crippen LogP contribution in [0.1, 0.15) is 12.0 Å². The lowest BCUT2D eigenvalue weighted by Gasteiger charge is -2.11. The minimum absolute atomic E-state index is 0.0552. The van der Waals surface area contributed by atoms with Crippen molar-refractivity contribution in [2.75, 3.05) is 7.11 Å². The van der Waals surface area contributed by atoms with E-state index in [1.807, 2.05) is 0 Å². The Morgan fingerprint density at radius 1 is 1.56 bits per heavy atom. The largest absolute Gasteiger partial charge is 0.480 e. The van der Waals surface area contributed by atoms with Crippen molar-refractivity contribution in [1.82, 2.24) is 4.98 Å². The summed E-state index contributed by atoms with van der Waals surface area (Å²) in [6.45, 7) is 0. The number of methoxy groups -OCH3 is 1. The number of aromatic nitrogens is 1. The molecule has 0 saturated heterocycles. The maximum absolute atomic E-state index is 12.6. The molecule has 0 fully saturated rings. The third-order valence-electron chi connectivity index (χ3n) is 1.68. The molecule has 9 heteroatoms. The molecule has 0 amide bonds. The molecule has 0 bridgehead atoms. The lowest BCUT2D eigenvalue weighted by atomic mass is 10.3. The molecule has 1 aromatic heterocycles. The summed E-state index contributed by atoms with van der Waals surface area (Å²) in [6.07, 6.45) is -2.23. The molecular formula is C7H7F2IN2O3S. The van der Waals surface area contributed by atoms with Crippen molar-refractivity contribution in [2.24, 2.45) is 5.14 Å². The Hall–Kier alpha value is -0.550. The molecule has 90 valence electrons. The first kappa shape index (κ1) is 13.5. The summed E-state index contributed by atoms with van der Waals surface area (Å²) in [4.78, 5) is 2.92. The van der Waals surface area contributed by atoms with Crippen molar-refractivity contribution in [3.63, 3.8) is 0 Å². The topological polar surface area (TPSA) is 82.3 Å². The number of hydrogen-bond donors (Lipinski definition) is 1. The van der Waals surface area contributed by atoms with Crippen molar-refractivity contribution < 1.29 is 21.9 Å². The van der Waals surface area contributed by atoms with Crippen LogP contribution in [0.25, 0.3) is 0 Å². The lowest BCUT2D eigenvalue weighted by Crippen LogP contribution is -2.17. The number of primary sulfonamides is 1. The van der Waals surface area contributed by atoms with E-state index in [2.05, 4.69) is 4.98 Å². The van der Waals surface area contributed by atoms with Crippen molar-refractivity contribution in [3.8, 4) is 5.88 Å². The summed E-state index contributed by atoms with van der Waals surface area (Å²) in [5.74, 6) is -0.0611. The third-order valence-corrected chi connectivity index (χ3v) is 4.06. The van der Waals surface area contributed by atoms with Crippen LogP contribution in [-0.4, -0.2) is 20.5 Å². The van der Waals surface area contributed by atoms with Crippen molar-refractivity contribution >= 4 is 32.6 Å². The number of nitrogens with zero attached hydrogens (tertiary/aromatic N) is 1. The van der Waals surface area contributed by atoms with Crippen LogP contribution in [0.15, 0.2) is 11.1 Å². The van der Waals surface area contributed by atoms with E-state index in [1.165, 1.54) is 7.11 Å². The highest BCUT2D eigenvalue weighted by Gasteiger charge is 2.26. The molecule has 1 aromatic rings. The average molecular weight is 364 g/mol. The van der Waals surface area contributed by atoms with E-state index in [0.717, 1.165) is 6.20 Å². The third kappa shape index (κ3) is 2.58. The second kappa shape index (κ2) is 4.75. The maximum atomic E-state index is 12.6. The first-order chi connectivity index (χ1) is 7.29. The summed E-state index contributed by atoms with van der Waals surface area (Å²) < 4.78 is 52.2. The molecule has 0 saturated carbocycles. The Morgan fingerprint density at radius 2 is 2.12 bits per heavy atom. The highest BCUT2D eigenvalue weighted by atomic mass is 127. The summed E-state index contributed by atoms with van der Waals surface area (Å²) in [5.41, 5.74) is -0.729. The van der Waals surface area contributed by atoms with E-state index in [1.54, 1.807) is 22.6 Å². The average Bonchev–Trinajstić information content (AvgIpc) is 2.14. The molecule has 0 radical (unpaired) electrons. The Kier molecular flexibility index (Phi) is 4.02. The molecule has 1 heterocycles. The Morgan fingerprint density at radius 3 is 2.50 bits per heavy atom. The number of halogens is 3. The van der Waals surface area contributed by atoms with Crippen LogP contribution in [0, 0.1) is 3.57 Å². The van der Waals surface area contributed by atoms with Crippen LogP contribution in [0.5, 0.6) is 5.88 Å². The van der Waals surface area contributed by atoms with E-state index in [9.17, 15) is 17.2 Å². The second-order valence-electron chi connectivity index (χ2n) is 2.71. The molecule has 2 N–H and O–H groups in total. The fourth-order valence-corrected chi connectivity index (χ4v) is 3.45. The molecule has 0 aliphatic heterocycles. The highest BCUT2D eigenvalue weighted by molar-refractivity contribution is 14.1. The van der Waals surface area contributed by atoms with Gasteiger partial charge in [0.25, 0.3) is 6.43 Å². The van der Waals surface area contributed by atoms with E-state index in [4.69, 9.17) is 9.88 Å². The monoisotopic (exact) mass is 364 g/mol. The Bertz CT molecular complexity index is 507. The van der Waals surface area contributed by atoms with Gasteiger partial charge in [0.2, 0.25) is 15.9 Å². The number of rotatable bonds is 3. The van der Waals surface area contributed by atoms with Gasteiger partial charge in [0.15, 0.2) is 0 Å². The molecule has 0 atom stereocenters. The molecule has 16 heavy (non-hydrogen) atoms. The summed E-state index contributed by atoms with van der Waals surface area (Å²) in [5, 5.41) is 4.87. The first-order valence-electron chi connectivity index (χ1n) is 3.82. The van der Waals surface area contributed by atoms with Crippen LogP contribution >= 0.6 is 22.6 Å². The van der Waals surface area contributed by atoms with Gasteiger partial charge in [-0.15, -0.1) is 0 Å². The molecule has 5 nitrogen and oxygen atoms in total. The number of alkyl halides is 2. The Balaban J connectivity index is 3.63. The van der Waals surface area contributed by atoms with E-state index in [-0.39, 0.29) is 9.45 Å². The smallest absolute Gasteiger partial charge is 0.266 e. The van der Waals surface area contributed by atoms with Crippen molar-refractivity contribution in [3.05, 3.63) is 15.3 Å². The predicted molar refractivity (Wildman–Crippen MR) is 59.8 cm³/mol. The first-order valence-corrected chi connectivity index (χ1v) is 6.45. The zero-order valence-corrected chi connectivity index (χ0v) is 10.9. The maximum Gasteiger partial charge on any atom is 0.266 e. The van der Waals surface area contributed by atoms with Crippen molar-refractivity contribution in [2.45, 2.75) is 11.3 Å². The second-order valence-corrected chi connectivity index (χ2v) is 5.29. The van der Waals surface area contributed by atoms with Gasteiger partial charge in [-0.25, -0.2) is 27.3 Å². The molecule has 1 rings (SSSR count). The number of pyridine rings is 1. The van der Waals surface area contributed by atoms with Gasteiger partial charge in [-0.3, -0.25) is 0 Å². The number of sulfonamides is 1. The summed E-state index contributed by atoms with van der Waals surface area (Å²) >= 11 is 1.55. The standard InChI is InChI=1S/C7H7F2IN2O3S/c1-15-7-4(10)5(16(11,13)14)3(2-12-7)6(8)9/h2,6H,1H3,(H2,11,13,14). The van der Waals surface area contributed by atoms with E-state index < -0.39 is 26.9 Å². The number of hydrogen-bond acceptors (Lipinski definition) is 4. The molecular weight excluding hydrogens is 357 g/mol. The number of ether oxygens (including phenoxy) is 1. The minimum atomic E-state index is -4.25. The highest BCUT2D eigenvalue weighted by Crippen LogP contribution is 2.32. The zero-order chi connectivity index (χ0) is 12.5. The van der Waals surface area contributed by atoms with Gasteiger partial charge in [-0.2, -0.15) is 0 Å². The van der Waals surface area contributed by atoms with Gasteiger partial charge in [-0.1, -0.05) is 0 Å². The SMILES string of the molecule is COc1ncc(C(F)F)c(S(N)(=O)=O)c1I. The van der Waals surface area contributed by atoms with E-state index >= 15 is 0 Å². The van der Waals surface area contributed by atoms with E-state index in [0.29, 0.717) is 0 Å². The fraction of sp³-hybridized carbons (Fsp3) is 0.286. The molecule has 0 unspecified atom stereocenters. The van der Waals surface area contributed by atoms with Crippen LogP contribution < -0.4 is 9.88 Å². The zero-order valence-electron chi connectivity index (χ0n) is 7.95. The molecule has 0 aliphatic carbocycles. The minimum Gasteiger partial charge on any atom is -0.480 e. The summed E-state index contributed by atoms with van der Waals surface area (Å²) in [6, 6.07) is 0.